The van der Waals surface area contributed by atoms with Gasteiger partial charge in [0.05, 0.1) is 19.3 Å². The molecule has 3 unspecified atom stereocenters. The predicted octanol–water partition coefficient (Wildman–Crippen LogP) is 2.64. The van der Waals surface area contributed by atoms with E-state index in [4.69, 9.17) is 31.2 Å². The standard InChI is InChI=1S/C20H28N2O5S/c1-5-25-14-10-7-9-13-16-15(18(23)26-6-2)20(3,27-17(13)14)22(19(28)21-16)11-8-12-24-4/h7,9-10,15-16H,5-6,8,11-12H2,1-4H3,(H,21,28). The Balaban J connectivity index is 2.07. The van der Waals surface area contributed by atoms with Gasteiger partial charge in [0.25, 0.3) is 0 Å². The number of nitrogens with one attached hydrogen (secondary N) is 1. The van der Waals surface area contributed by atoms with Gasteiger partial charge in [0.1, 0.15) is 5.92 Å². The van der Waals surface area contributed by atoms with E-state index in [1.54, 1.807) is 14.0 Å². The Bertz CT molecular complexity index is 743. The smallest absolute Gasteiger partial charge is 0.317 e. The largest absolute Gasteiger partial charge is 0.490 e. The minimum atomic E-state index is -0.993. The number of benzene rings is 1. The van der Waals surface area contributed by atoms with Gasteiger partial charge in [0.2, 0.25) is 0 Å². The van der Waals surface area contributed by atoms with Gasteiger partial charge in [-0.15, -0.1) is 0 Å². The maximum Gasteiger partial charge on any atom is 0.317 e. The predicted molar refractivity (Wildman–Crippen MR) is 108 cm³/mol. The molecule has 2 bridgehead atoms. The number of hydrogen-bond donors (Lipinski definition) is 1. The van der Waals surface area contributed by atoms with Gasteiger partial charge in [-0.2, -0.15) is 0 Å². The maximum atomic E-state index is 13.0. The lowest BCUT2D eigenvalue weighted by atomic mass is 9.79. The van der Waals surface area contributed by atoms with E-state index in [1.807, 2.05) is 36.9 Å². The summed E-state index contributed by atoms with van der Waals surface area (Å²) in [6, 6.07) is 5.36. The van der Waals surface area contributed by atoms with Gasteiger partial charge in [-0.3, -0.25) is 4.79 Å². The molecule has 1 saturated heterocycles. The molecule has 8 heteroatoms. The summed E-state index contributed by atoms with van der Waals surface area (Å²) in [4.78, 5) is 14.9. The number of methoxy groups -OCH3 is 1. The van der Waals surface area contributed by atoms with Crippen molar-refractivity contribution in [1.29, 1.82) is 0 Å². The fraction of sp³-hybridized carbons (Fsp3) is 0.600. The molecule has 2 heterocycles. The van der Waals surface area contributed by atoms with Crippen LogP contribution in [0.15, 0.2) is 18.2 Å². The average molecular weight is 409 g/mol. The molecule has 154 valence electrons. The fourth-order valence-corrected chi connectivity index (χ4v) is 4.39. The van der Waals surface area contributed by atoms with E-state index in [9.17, 15) is 4.79 Å². The highest BCUT2D eigenvalue weighted by Gasteiger charge is 2.59. The summed E-state index contributed by atoms with van der Waals surface area (Å²) in [5, 5.41) is 3.90. The third-order valence-corrected chi connectivity index (χ3v) is 5.53. The van der Waals surface area contributed by atoms with Crippen LogP contribution in [0.5, 0.6) is 11.5 Å². The van der Waals surface area contributed by atoms with Crippen molar-refractivity contribution in [1.82, 2.24) is 10.2 Å². The van der Waals surface area contributed by atoms with Crippen LogP contribution in [0.1, 0.15) is 38.8 Å². The third kappa shape index (κ3) is 3.51. The molecule has 1 aromatic rings. The van der Waals surface area contributed by atoms with Crippen molar-refractivity contribution in [2.24, 2.45) is 5.92 Å². The zero-order valence-electron chi connectivity index (χ0n) is 16.8. The number of carbonyl (C=O) groups excluding carboxylic acids is 1. The van der Waals surface area contributed by atoms with Gasteiger partial charge in [-0.1, -0.05) is 12.1 Å². The molecule has 0 radical (unpaired) electrons. The SMILES string of the molecule is CCOC(=O)C1C2NC(=S)N(CCCOC)C1(C)Oc1c(OCC)cccc12. The normalized spacial score (nSPS) is 25.4. The van der Waals surface area contributed by atoms with Gasteiger partial charge >= 0.3 is 5.97 Å². The molecule has 1 aromatic carbocycles. The number of fused-ring (bicyclic) bond motifs is 4. The van der Waals surface area contributed by atoms with E-state index in [1.165, 1.54) is 0 Å². The van der Waals surface area contributed by atoms with Crippen molar-refractivity contribution >= 4 is 23.3 Å². The molecular formula is C20H28N2O5S. The second-order valence-corrected chi connectivity index (χ2v) is 7.31. The molecule has 2 aliphatic rings. The summed E-state index contributed by atoms with van der Waals surface area (Å²) in [5.41, 5.74) is -0.145. The van der Waals surface area contributed by atoms with E-state index >= 15 is 0 Å². The number of hydrogen-bond acceptors (Lipinski definition) is 6. The molecule has 3 rings (SSSR count). The average Bonchev–Trinajstić information content (AvgIpc) is 2.65. The topological polar surface area (TPSA) is 69.3 Å². The number of carbonyl (C=O) groups is 1. The number of nitrogens with zero attached hydrogens (tertiary/aromatic N) is 1. The number of rotatable bonds is 8. The molecule has 2 aliphatic heterocycles. The van der Waals surface area contributed by atoms with Crippen LogP contribution in [0.3, 0.4) is 0 Å². The number of thiocarbonyl (C=S) groups is 1. The molecule has 0 spiro atoms. The van der Waals surface area contributed by atoms with E-state index in [0.29, 0.717) is 43.0 Å². The number of esters is 1. The summed E-state index contributed by atoms with van der Waals surface area (Å²) >= 11 is 5.63. The van der Waals surface area contributed by atoms with Gasteiger partial charge in [-0.05, 0) is 45.5 Å². The van der Waals surface area contributed by atoms with Crippen LogP contribution in [-0.4, -0.2) is 55.2 Å². The highest BCUT2D eigenvalue weighted by atomic mass is 32.1. The molecule has 0 amide bonds. The highest BCUT2D eigenvalue weighted by Crippen LogP contribution is 2.51. The minimum absolute atomic E-state index is 0.304. The van der Waals surface area contributed by atoms with Crippen LogP contribution in [0.4, 0.5) is 0 Å². The third-order valence-electron chi connectivity index (χ3n) is 5.19. The lowest BCUT2D eigenvalue weighted by Gasteiger charge is -2.55. The summed E-state index contributed by atoms with van der Waals surface area (Å²) in [5.74, 6) is 0.411. The lowest BCUT2D eigenvalue weighted by Crippen LogP contribution is -2.71. The van der Waals surface area contributed by atoms with Gasteiger partial charge < -0.3 is 29.2 Å². The first-order valence-corrected chi connectivity index (χ1v) is 10.1. The highest BCUT2D eigenvalue weighted by molar-refractivity contribution is 7.80. The molecule has 28 heavy (non-hydrogen) atoms. The monoisotopic (exact) mass is 408 g/mol. The molecule has 0 aromatic heterocycles. The Morgan fingerprint density at radius 1 is 1.36 bits per heavy atom. The van der Waals surface area contributed by atoms with E-state index in [2.05, 4.69) is 5.32 Å². The Morgan fingerprint density at radius 2 is 2.14 bits per heavy atom. The summed E-state index contributed by atoms with van der Waals surface area (Å²) in [7, 11) is 1.66. The second kappa shape index (κ2) is 8.53. The van der Waals surface area contributed by atoms with Crippen LogP contribution in [-0.2, 0) is 14.3 Å². The first-order valence-electron chi connectivity index (χ1n) is 9.66. The Morgan fingerprint density at radius 3 is 2.82 bits per heavy atom. The molecule has 7 nitrogen and oxygen atoms in total. The van der Waals surface area contributed by atoms with Crippen LogP contribution in [0.2, 0.25) is 0 Å². The van der Waals surface area contributed by atoms with Gasteiger partial charge in [-0.25, -0.2) is 0 Å². The minimum Gasteiger partial charge on any atom is -0.490 e. The Hall–Kier alpha value is -2.06. The molecule has 0 aliphatic carbocycles. The van der Waals surface area contributed by atoms with Crippen LogP contribution in [0.25, 0.3) is 0 Å². The summed E-state index contributed by atoms with van der Waals surface area (Å²) in [6.07, 6.45) is 0.747. The number of para-hydroxylation sites is 1. The summed E-state index contributed by atoms with van der Waals surface area (Å²) < 4.78 is 22.9. The summed E-state index contributed by atoms with van der Waals surface area (Å²) in [6.45, 7) is 7.62. The van der Waals surface area contributed by atoms with E-state index in [0.717, 1.165) is 12.0 Å². The van der Waals surface area contributed by atoms with Crippen molar-refractivity contribution in [3.63, 3.8) is 0 Å². The van der Waals surface area contributed by atoms with Crippen LogP contribution < -0.4 is 14.8 Å². The fourth-order valence-electron chi connectivity index (χ4n) is 3.99. The van der Waals surface area contributed by atoms with Crippen molar-refractivity contribution in [3.8, 4) is 11.5 Å². The zero-order valence-corrected chi connectivity index (χ0v) is 17.6. The molecule has 1 N–H and O–H groups in total. The molecule has 0 saturated carbocycles. The maximum absolute atomic E-state index is 13.0. The van der Waals surface area contributed by atoms with Crippen molar-refractivity contribution in [3.05, 3.63) is 23.8 Å². The van der Waals surface area contributed by atoms with Crippen LogP contribution >= 0.6 is 12.2 Å². The second-order valence-electron chi connectivity index (χ2n) is 6.92. The molecular weight excluding hydrogens is 380 g/mol. The van der Waals surface area contributed by atoms with Crippen molar-refractivity contribution in [2.75, 3.05) is 33.5 Å². The van der Waals surface area contributed by atoms with E-state index < -0.39 is 11.6 Å². The Labute approximate surface area is 171 Å². The van der Waals surface area contributed by atoms with Gasteiger partial charge in [0.15, 0.2) is 22.3 Å². The quantitative estimate of drug-likeness (QED) is 0.400. The number of ether oxygens (including phenoxy) is 4. The molecule has 1 fully saturated rings. The van der Waals surface area contributed by atoms with Crippen molar-refractivity contribution < 1.29 is 23.7 Å². The van der Waals surface area contributed by atoms with Crippen LogP contribution in [0, 0.1) is 5.92 Å². The lowest BCUT2D eigenvalue weighted by molar-refractivity contribution is -0.175. The molecule has 3 atom stereocenters. The van der Waals surface area contributed by atoms with Crippen molar-refractivity contribution in [2.45, 2.75) is 39.0 Å². The zero-order chi connectivity index (χ0) is 20.3. The first-order chi connectivity index (χ1) is 13.5. The first kappa shape index (κ1) is 20.7. The van der Waals surface area contributed by atoms with Gasteiger partial charge in [0, 0.05) is 25.8 Å². The van der Waals surface area contributed by atoms with E-state index in [-0.39, 0.29) is 12.0 Å². The Kier molecular flexibility index (Phi) is 6.30.